The molecule has 0 fully saturated rings. The average molecular weight is 333 g/mol. The lowest BCUT2D eigenvalue weighted by Gasteiger charge is -2.21. The molecule has 0 saturated heterocycles. The molecule has 0 bridgehead atoms. The van der Waals surface area contributed by atoms with E-state index in [-0.39, 0.29) is 6.04 Å². The van der Waals surface area contributed by atoms with Gasteiger partial charge in [-0.2, -0.15) is 0 Å². The minimum absolute atomic E-state index is 0.0661. The molecule has 0 amide bonds. The highest BCUT2D eigenvalue weighted by Crippen LogP contribution is 2.37. The van der Waals surface area contributed by atoms with Gasteiger partial charge in [0.2, 0.25) is 0 Å². The summed E-state index contributed by atoms with van der Waals surface area (Å²) in [5.74, 6) is 1.06. The maximum Gasteiger partial charge on any atom is 0.147 e. The normalized spacial score (nSPS) is 12.5. The van der Waals surface area contributed by atoms with E-state index in [0.29, 0.717) is 38.0 Å². The number of ether oxygens (including phenoxy) is 2. The largest absolute Gasteiger partial charge is 0.493 e. The number of rotatable bonds is 9. The predicted octanol–water partition coefficient (Wildman–Crippen LogP) is 1.77. The minimum atomic E-state index is -0.0661. The van der Waals surface area contributed by atoms with Gasteiger partial charge in [-0.25, -0.2) is 4.98 Å². The summed E-state index contributed by atoms with van der Waals surface area (Å²) >= 11 is 0. The molecule has 132 valence electrons. The Morgan fingerprint density at radius 3 is 2.79 bits per heavy atom. The summed E-state index contributed by atoms with van der Waals surface area (Å²) < 4.78 is 11.3. The van der Waals surface area contributed by atoms with Gasteiger partial charge in [0.15, 0.2) is 0 Å². The number of fused-ring (bicyclic) bond motifs is 1. The van der Waals surface area contributed by atoms with Gasteiger partial charge in [0.05, 0.1) is 24.5 Å². The summed E-state index contributed by atoms with van der Waals surface area (Å²) in [5, 5.41) is 4.17. The number of hydrogen-bond donors (Lipinski definition) is 4. The number of benzene rings is 1. The van der Waals surface area contributed by atoms with Gasteiger partial charge in [-0.3, -0.25) is 5.32 Å². The molecule has 7 heteroatoms. The number of nitrogens with one attached hydrogen (secondary N) is 1. The Kier molecular flexibility index (Phi) is 6.60. The van der Waals surface area contributed by atoms with E-state index in [1.807, 2.05) is 32.0 Å². The van der Waals surface area contributed by atoms with Crippen molar-refractivity contribution in [2.45, 2.75) is 26.3 Å². The fraction of sp³-hybridized carbons (Fsp3) is 0.471. The van der Waals surface area contributed by atoms with Gasteiger partial charge in [-0.1, -0.05) is 6.07 Å². The molecule has 0 spiro atoms. The van der Waals surface area contributed by atoms with E-state index in [2.05, 4.69) is 10.3 Å². The van der Waals surface area contributed by atoms with Crippen LogP contribution in [0.25, 0.3) is 10.9 Å². The zero-order chi connectivity index (χ0) is 17.5. The number of nitrogens with two attached hydrogens (primary N) is 3. The molecule has 2 aromatic rings. The molecule has 1 atom stereocenters. The number of nitrogens with zero attached hydrogens (tertiary/aromatic N) is 1. The van der Waals surface area contributed by atoms with Crippen LogP contribution in [-0.2, 0) is 4.74 Å². The van der Waals surface area contributed by atoms with Crippen molar-refractivity contribution in [3.8, 4) is 5.75 Å². The van der Waals surface area contributed by atoms with E-state index in [0.717, 1.165) is 28.6 Å². The molecule has 1 heterocycles. The highest BCUT2D eigenvalue weighted by Gasteiger charge is 2.19. The summed E-state index contributed by atoms with van der Waals surface area (Å²) in [6, 6.07) is 5.64. The third-order valence-electron chi connectivity index (χ3n) is 3.82. The lowest BCUT2D eigenvalue weighted by molar-refractivity contribution is 0.121. The second-order valence-corrected chi connectivity index (χ2v) is 5.53. The standard InChI is InChI=1S/C17H27N5O2/c1-3-23-10-21-11(2)14-15-12(22-17(20)16(14)19)6-4-7-13(15)24-9-5-8-18/h4,6-7,11,21H,3,5,8-10,18-19H2,1-2H3,(H2,20,22). The molecule has 0 aliphatic rings. The molecule has 0 aliphatic heterocycles. The maximum atomic E-state index is 6.23. The predicted molar refractivity (Wildman–Crippen MR) is 97.8 cm³/mol. The van der Waals surface area contributed by atoms with Crippen molar-refractivity contribution >= 4 is 22.4 Å². The van der Waals surface area contributed by atoms with Gasteiger partial charge in [0.1, 0.15) is 11.6 Å². The van der Waals surface area contributed by atoms with E-state index in [1.54, 1.807) is 0 Å². The monoisotopic (exact) mass is 333 g/mol. The molecule has 7 nitrogen and oxygen atoms in total. The summed E-state index contributed by atoms with van der Waals surface area (Å²) in [6.45, 7) is 6.15. The molecular formula is C17H27N5O2. The molecule has 2 rings (SSSR count). The van der Waals surface area contributed by atoms with Crippen LogP contribution in [0.4, 0.5) is 11.5 Å². The quantitative estimate of drug-likeness (QED) is 0.407. The van der Waals surface area contributed by atoms with Crippen LogP contribution in [0.2, 0.25) is 0 Å². The Hall–Kier alpha value is -2.09. The molecule has 24 heavy (non-hydrogen) atoms. The second-order valence-electron chi connectivity index (χ2n) is 5.53. The highest BCUT2D eigenvalue weighted by atomic mass is 16.5. The first kappa shape index (κ1) is 18.3. The zero-order valence-corrected chi connectivity index (χ0v) is 14.3. The minimum Gasteiger partial charge on any atom is -0.493 e. The molecule has 1 unspecified atom stereocenters. The lowest BCUT2D eigenvalue weighted by Crippen LogP contribution is -2.23. The zero-order valence-electron chi connectivity index (χ0n) is 14.3. The summed E-state index contributed by atoms with van der Waals surface area (Å²) in [7, 11) is 0. The summed E-state index contributed by atoms with van der Waals surface area (Å²) in [5.41, 5.74) is 19.9. The Morgan fingerprint density at radius 2 is 2.08 bits per heavy atom. The molecule has 1 aromatic heterocycles. The number of pyridine rings is 1. The van der Waals surface area contributed by atoms with Crippen molar-refractivity contribution in [1.82, 2.24) is 10.3 Å². The van der Waals surface area contributed by atoms with Gasteiger partial charge in [0, 0.05) is 23.6 Å². The molecular weight excluding hydrogens is 306 g/mol. The maximum absolute atomic E-state index is 6.23. The van der Waals surface area contributed by atoms with Crippen molar-refractivity contribution in [3.05, 3.63) is 23.8 Å². The van der Waals surface area contributed by atoms with Crippen LogP contribution in [0.1, 0.15) is 31.9 Å². The molecule has 7 N–H and O–H groups in total. The summed E-state index contributed by atoms with van der Waals surface area (Å²) in [6.07, 6.45) is 0.780. The van der Waals surface area contributed by atoms with Crippen LogP contribution >= 0.6 is 0 Å². The van der Waals surface area contributed by atoms with Gasteiger partial charge in [-0.05, 0) is 38.9 Å². The van der Waals surface area contributed by atoms with Crippen LogP contribution in [0.5, 0.6) is 5.75 Å². The third-order valence-corrected chi connectivity index (χ3v) is 3.82. The first-order valence-electron chi connectivity index (χ1n) is 8.21. The third kappa shape index (κ3) is 4.05. The lowest BCUT2D eigenvalue weighted by atomic mass is 10.00. The van der Waals surface area contributed by atoms with Crippen LogP contribution < -0.4 is 27.3 Å². The van der Waals surface area contributed by atoms with Crippen LogP contribution in [0.3, 0.4) is 0 Å². The van der Waals surface area contributed by atoms with E-state index in [1.165, 1.54) is 0 Å². The number of anilines is 2. The Bertz CT molecular complexity index is 678. The van der Waals surface area contributed by atoms with Gasteiger partial charge in [0.25, 0.3) is 0 Å². The van der Waals surface area contributed by atoms with Crippen LogP contribution in [0, 0.1) is 0 Å². The van der Waals surface area contributed by atoms with Gasteiger partial charge < -0.3 is 26.7 Å². The topological polar surface area (TPSA) is 121 Å². The van der Waals surface area contributed by atoms with Gasteiger partial charge in [-0.15, -0.1) is 0 Å². The highest BCUT2D eigenvalue weighted by molar-refractivity contribution is 5.95. The van der Waals surface area contributed by atoms with Crippen molar-refractivity contribution in [2.24, 2.45) is 5.73 Å². The van der Waals surface area contributed by atoms with E-state index in [4.69, 9.17) is 26.7 Å². The van der Waals surface area contributed by atoms with E-state index in [9.17, 15) is 0 Å². The summed E-state index contributed by atoms with van der Waals surface area (Å²) in [4.78, 5) is 4.39. The fourth-order valence-electron chi connectivity index (χ4n) is 2.57. The van der Waals surface area contributed by atoms with Crippen LogP contribution in [0.15, 0.2) is 18.2 Å². The Morgan fingerprint density at radius 1 is 1.29 bits per heavy atom. The van der Waals surface area contributed by atoms with E-state index >= 15 is 0 Å². The first-order chi connectivity index (χ1) is 11.6. The number of aromatic nitrogens is 1. The molecule has 0 radical (unpaired) electrons. The SMILES string of the molecule is CCOCNC(C)c1c(N)c(N)nc2cccc(OCCCN)c12. The number of hydrogen-bond acceptors (Lipinski definition) is 7. The molecule has 0 aliphatic carbocycles. The van der Waals surface area contributed by atoms with Gasteiger partial charge >= 0.3 is 0 Å². The van der Waals surface area contributed by atoms with Crippen molar-refractivity contribution in [3.63, 3.8) is 0 Å². The van der Waals surface area contributed by atoms with Crippen molar-refractivity contribution in [1.29, 1.82) is 0 Å². The molecule has 0 saturated carbocycles. The Balaban J connectivity index is 2.46. The van der Waals surface area contributed by atoms with Crippen LogP contribution in [-0.4, -0.2) is 31.5 Å². The van der Waals surface area contributed by atoms with Crippen molar-refractivity contribution < 1.29 is 9.47 Å². The Labute approximate surface area is 142 Å². The fourth-order valence-corrected chi connectivity index (χ4v) is 2.57. The molecule has 1 aromatic carbocycles. The van der Waals surface area contributed by atoms with E-state index < -0.39 is 0 Å². The smallest absolute Gasteiger partial charge is 0.147 e. The average Bonchev–Trinajstić information content (AvgIpc) is 2.56. The second kappa shape index (κ2) is 8.68. The number of nitrogen functional groups attached to an aromatic ring is 2. The van der Waals surface area contributed by atoms with Crippen molar-refractivity contribution in [2.75, 3.05) is 38.0 Å². The first-order valence-corrected chi connectivity index (χ1v) is 8.21.